The van der Waals surface area contributed by atoms with Crippen LogP contribution in [0.4, 0.5) is 0 Å². The zero-order valence-corrected chi connectivity index (χ0v) is 6.42. The van der Waals surface area contributed by atoms with E-state index in [0.29, 0.717) is 0 Å². The molecule has 0 aromatic carbocycles. The molecule has 0 N–H and O–H groups in total. The van der Waals surface area contributed by atoms with E-state index in [1.165, 1.54) is 17.9 Å². The molecule has 0 saturated carbocycles. The van der Waals surface area contributed by atoms with Gasteiger partial charge in [0, 0.05) is 47.5 Å². The topological polar surface area (TPSA) is 71.4 Å². The molecule has 0 amide bonds. The summed E-state index contributed by atoms with van der Waals surface area (Å²) < 4.78 is 0. The van der Waals surface area contributed by atoms with Crippen molar-refractivity contribution in [2.24, 2.45) is 0 Å². The van der Waals surface area contributed by atoms with Gasteiger partial charge in [-0.25, -0.2) is 15.8 Å². The Labute approximate surface area is 69.9 Å². The molecular formula is C3BN3Na. The molecule has 0 aliphatic carbocycles. The molecule has 31 valence electrons. The summed E-state index contributed by atoms with van der Waals surface area (Å²) in [5.41, 5.74) is 0. The Morgan fingerprint density at radius 1 is 0.875 bits per heavy atom. The molecule has 1 radical (unpaired) electrons. The fourth-order valence-electron chi connectivity index (χ4n) is 0.0866. The van der Waals surface area contributed by atoms with Crippen molar-refractivity contribution in [1.82, 2.24) is 0 Å². The SMILES string of the molecule is N#CB(C#N)C#N.[Na]. The predicted octanol–water partition coefficient (Wildman–Crippen LogP) is -0.711. The minimum atomic E-state index is -1.10. The molecular weight excluding hydrogens is 112 g/mol. The molecule has 0 aliphatic heterocycles. The molecule has 0 bridgehead atoms. The van der Waals surface area contributed by atoms with Gasteiger partial charge in [-0.1, -0.05) is 0 Å². The number of hydrogen-bond acceptors (Lipinski definition) is 3. The van der Waals surface area contributed by atoms with Gasteiger partial charge in [-0.05, 0) is 0 Å². The molecule has 0 aromatic rings. The second-order valence-corrected chi connectivity index (χ2v) is 0.820. The molecule has 0 spiro atoms. The first kappa shape index (κ1) is 10.5. The van der Waals surface area contributed by atoms with E-state index in [-0.39, 0.29) is 29.6 Å². The van der Waals surface area contributed by atoms with Gasteiger partial charge in [0.1, 0.15) is 0 Å². The standard InChI is InChI=1S/C3BN3.Na/c5-1-4(2-6)3-7;. The van der Waals surface area contributed by atoms with Crippen molar-refractivity contribution in [2.75, 3.05) is 0 Å². The molecule has 8 heavy (non-hydrogen) atoms. The zero-order valence-electron chi connectivity index (χ0n) is 4.42. The fraction of sp³-hybridized carbons (Fsp3) is 0. The van der Waals surface area contributed by atoms with Crippen molar-refractivity contribution < 1.29 is 0 Å². The summed E-state index contributed by atoms with van der Waals surface area (Å²) in [5, 5.41) is 23.5. The molecule has 5 heteroatoms. The summed E-state index contributed by atoms with van der Waals surface area (Å²) >= 11 is 0. The Balaban J connectivity index is 0. The van der Waals surface area contributed by atoms with Crippen molar-refractivity contribution in [3.8, 4) is 17.9 Å². The summed E-state index contributed by atoms with van der Waals surface area (Å²) in [6, 6.07) is 0. The Bertz CT molecular complexity index is 137. The van der Waals surface area contributed by atoms with E-state index in [4.69, 9.17) is 15.8 Å². The summed E-state index contributed by atoms with van der Waals surface area (Å²) in [6.07, 6.45) is 0. The third-order valence-electron chi connectivity index (χ3n) is 0.387. The summed E-state index contributed by atoms with van der Waals surface area (Å²) in [4.78, 5) is 0. The minimum Gasteiger partial charge on any atom is -0.209 e. The molecule has 0 unspecified atom stereocenters. The first-order valence-electron chi connectivity index (χ1n) is 1.54. The average Bonchev–Trinajstić information content (AvgIpc) is 1.72. The molecule has 0 fully saturated rings. The number of nitrogens with zero attached hydrogens (tertiary/aromatic N) is 3. The normalized spacial score (nSPS) is 4.12. The average molecular weight is 112 g/mol. The Kier molecular flexibility index (Phi) is 8.58. The van der Waals surface area contributed by atoms with E-state index in [1.54, 1.807) is 0 Å². The van der Waals surface area contributed by atoms with Gasteiger partial charge in [0.15, 0.2) is 0 Å². The molecule has 0 atom stereocenters. The van der Waals surface area contributed by atoms with Crippen molar-refractivity contribution in [3.63, 3.8) is 0 Å². The smallest absolute Gasteiger partial charge is 0.209 e. The van der Waals surface area contributed by atoms with Crippen molar-refractivity contribution in [3.05, 3.63) is 0 Å². The van der Waals surface area contributed by atoms with Crippen LogP contribution in [0.5, 0.6) is 0 Å². The van der Waals surface area contributed by atoms with Crippen LogP contribution in [0.15, 0.2) is 0 Å². The van der Waals surface area contributed by atoms with Gasteiger partial charge >= 0.3 is 6.71 Å². The van der Waals surface area contributed by atoms with Crippen LogP contribution in [0.3, 0.4) is 0 Å². The molecule has 0 aromatic heterocycles. The van der Waals surface area contributed by atoms with Crippen LogP contribution in [0, 0.1) is 33.7 Å². The van der Waals surface area contributed by atoms with Crippen LogP contribution in [-0.2, 0) is 0 Å². The Morgan fingerprint density at radius 2 is 1.12 bits per heavy atom. The van der Waals surface area contributed by atoms with Gasteiger partial charge in [0.05, 0.1) is 0 Å². The second kappa shape index (κ2) is 6.53. The third kappa shape index (κ3) is 3.72. The summed E-state index contributed by atoms with van der Waals surface area (Å²) in [5.74, 6) is 4.44. The van der Waals surface area contributed by atoms with Gasteiger partial charge < -0.3 is 0 Å². The van der Waals surface area contributed by atoms with Gasteiger partial charge in [-0.15, -0.1) is 0 Å². The second-order valence-electron chi connectivity index (χ2n) is 0.820. The van der Waals surface area contributed by atoms with Crippen LogP contribution in [-0.4, -0.2) is 36.3 Å². The maximum absolute atomic E-state index is 7.83. The quantitative estimate of drug-likeness (QED) is 0.388. The van der Waals surface area contributed by atoms with Crippen molar-refractivity contribution in [1.29, 1.82) is 15.8 Å². The first-order chi connectivity index (χ1) is 3.35. The summed E-state index contributed by atoms with van der Waals surface area (Å²) in [7, 11) is 0. The van der Waals surface area contributed by atoms with Crippen molar-refractivity contribution >= 4 is 36.3 Å². The van der Waals surface area contributed by atoms with Crippen LogP contribution >= 0.6 is 0 Å². The number of nitriles is 3. The molecule has 0 heterocycles. The van der Waals surface area contributed by atoms with Crippen LogP contribution in [0.25, 0.3) is 0 Å². The van der Waals surface area contributed by atoms with Gasteiger partial charge in [0.2, 0.25) is 0 Å². The van der Waals surface area contributed by atoms with E-state index in [2.05, 4.69) is 0 Å². The van der Waals surface area contributed by atoms with Gasteiger partial charge in [-0.3, -0.25) is 0 Å². The Hall–Kier alpha value is -0.465. The van der Waals surface area contributed by atoms with E-state index in [0.717, 1.165) is 0 Å². The monoisotopic (exact) mass is 112 g/mol. The molecule has 0 rings (SSSR count). The number of hydrogen-bond donors (Lipinski definition) is 0. The van der Waals surface area contributed by atoms with Gasteiger partial charge in [-0.2, -0.15) is 0 Å². The number of rotatable bonds is 0. The van der Waals surface area contributed by atoms with E-state index < -0.39 is 6.71 Å². The Morgan fingerprint density at radius 3 is 1.12 bits per heavy atom. The third-order valence-corrected chi connectivity index (χ3v) is 0.387. The maximum Gasteiger partial charge on any atom is 0.495 e. The van der Waals surface area contributed by atoms with Crippen molar-refractivity contribution in [2.45, 2.75) is 0 Å². The maximum atomic E-state index is 7.83. The van der Waals surface area contributed by atoms with Gasteiger partial charge in [0.25, 0.3) is 0 Å². The van der Waals surface area contributed by atoms with Crippen LogP contribution in [0.2, 0.25) is 0 Å². The fourth-order valence-corrected chi connectivity index (χ4v) is 0.0866. The van der Waals surface area contributed by atoms with E-state index in [9.17, 15) is 0 Å². The van der Waals surface area contributed by atoms with Crippen LogP contribution in [0.1, 0.15) is 0 Å². The largest absolute Gasteiger partial charge is 0.495 e. The molecule has 0 saturated heterocycles. The summed E-state index contributed by atoms with van der Waals surface area (Å²) in [6.45, 7) is -1.10. The molecule has 0 aliphatic rings. The minimum absolute atomic E-state index is 0. The van der Waals surface area contributed by atoms with E-state index >= 15 is 0 Å². The predicted molar refractivity (Wildman–Crippen MR) is 28.3 cm³/mol. The zero-order chi connectivity index (χ0) is 5.70. The first-order valence-corrected chi connectivity index (χ1v) is 1.54. The van der Waals surface area contributed by atoms with E-state index in [1.807, 2.05) is 0 Å². The molecule has 3 nitrogen and oxygen atoms in total. The van der Waals surface area contributed by atoms with Crippen LogP contribution < -0.4 is 0 Å².